The highest BCUT2D eigenvalue weighted by Crippen LogP contribution is 2.28. The van der Waals surface area contributed by atoms with E-state index in [1.54, 1.807) is 12.5 Å². The van der Waals surface area contributed by atoms with Crippen LogP contribution in [0.25, 0.3) is 0 Å². The predicted molar refractivity (Wildman–Crippen MR) is 74.3 cm³/mol. The first-order valence-electron chi connectivity index (χ1n) is 5.83. The Morgan fingerprint density at radius 1 is 1.42 bits per heavy atom. The van der Waals surface area contributed by atoms with Crippen molar-refractivity contribution in [3.05, 3.63) is 44.9 Å². The quantitative estimate of drug-likeness (QED) is 0.933. The summed E-state index contributed by atoms with van der Waals surface area (Å²) in [7, 11) is 1.64. The topological polar surface area (TPSA) is 59.4 Å². The summed E-state index contributed by atoms with van der Waals surface area (Å²) in [6.45, 7) is 4.03. The second kappa shape index (κ2) is 5.40. The van der Waals surface area contributed by atoms with Crippen LogP contribution in [0.3, 0.4) is 0 Å². The Kier molecular flexibility index (Phi) is 3.85. The molecule has 0 saturated heterocycles. The number of hydrogen-bond donors (Lipinski definition) is 1. The monoisotopic (exact) mass is 277 g/mol. The lowest BCUT2D eigenvalue weighted by molar-refractivity contribution is 0.0691. The minimum atomic E-state index is -0.991. The van der Waals surface area contributed by atoms with Gasteiger partial charge in [-0.15, -0.1) is 11.3 Å². The summed E-state index contributed by atoms with van der Waals surface area (Å²) in [6.07, 6.45) is 0.587. The van der Waals surface area contributed by atoms with E-state index in [2.05, 4.69) is 11.1 Å². The molecule has 0 aliphatic carbocycles. The third-order valence-electron chi connectivity index (χ3n) is 2.81. The van der Waals surface area contributed by atoms with E-state index in [-0.39, 0.29) is 5.69 Å². The molecule has 0 radical (unpaired) electrons. The average molecular weight is 277 g/mol. The minimum Gasteiger partial charge on any atom is -0.496 e. The van der Waals surface area contributed by atoms with Crippen LogP contribution in [0.15, 0.2) is 17.5 Å². The van der Waals surface area contributed by atoms with E-state index in [1.807, 2.05) is 19.9 Å². The lowest BCUT2D eigenvalue weighted by Gasteiger charge is -2.11. The van der Waals surface area contributed by atoms with E-state index in [9.17, 15) is 4.79 Å². The summed E-state index contributed by atoms with van der Waals surface area (Å²) >= 11 is 1.36. The molecule has 1 aromatic heterocycles. The summed E-state index contributed by atoms with van der Waals surface area (Å²) in [5.41, 5.74) is 3.37. The Balaban J connectivity index is 2.34. The number of hydrogen-bond acceptors (Lipinski definition) is 4. The zero-order valence-electron chi connectivity index (χ0n) is 11.1. The normalized spacial score (nSPS) is 10.5. The van der Waals surface area contributed by atoms with Crippen molar-refractivity contribution in [2.75, 3.05) is 7.11 Å². The van der Waals surface area contributed by atoms with Gasteiger partial charge in [-0.1, -0.05) is 17.7 Å². The van der Waals surface area contributed by atoms with Gasteiger partial charge in [-0.05, 0) is 19.4 Å². The second-order valence-corrected chi connectivity index (χ2v) is 5.33. The number of ether oxygens (including phenoxy) is 1. The molecule has 4 nitrogen and oxygen atoms in total. The van der Waals surface area contributed by atoms with Crippen LogP contribution in [0.1, 0.15) is 32.2 Å². The first-order chi connectivity index (χ1) is 9.01. The van der Waals surface area contributed by atoms with Crippen molar-refractivity contribution >= 4 is 17.3 Å². The van der Waals surface area contributed by atoms with Gasteiger partial charge in [0, 0.05) is 17.4 Å². The van der Waals surface area contributed by atoms with Crippen LogP contribution in [-0.4, -0.2) is 23.2 Å². The molecule has 0 fully saturated rings. The van der Waals surface area contributed by atoms with Crippen LogP contribution < -0.4 is 4.74 Å². The van der Waals surface area contributed by atoms with Crippen LogP contribution in [-0.2, 0) is 6.42 Å². The highest BCUT2D eigenvalue weighted by molar-refractivity contribution is 7.09. The highest BCUT2D eigenvalue weighted by Gasteiger charge is 2.13. The van der Waals surface area contributed by atoms with E-state index in [0.29, 0.717) is 6.42 Å². The number of carbonyl (C=O) groups is 1. The molecule has 0 saturated carbocycles. The van der Waals surface area contributed by atoms with Crippen molar-refractivity contribution in [3.8, 4) is 5.75 Å². The number of carboxylic acids is 1. The van der Waals surface area contributed by atoms with Gasteiger partial charge in [-0.2, -0.15) is 0 Å². The van der Waals surface area contributed by atoms with Crippen molar-refractivity contribution in [2.24, 2.45) is 0 Å². The Morgan fingerprint density at radius 2 is 2.16 bits per heavy atom. The van der Waals surface area contributed by atoms with Gasteiger partial charge >= 0.3 is 5.97 Å². The molecule has 1 heterocycles. The molecule has 0 aliphatic heterocycles. The van der Waals surface area contributed by atoms with Gasteiger partial charge in [0.1, 0.15) is 5.75 Å². The Morgan fingerprint density at radius 3 is 2.74 bits per heavy atom. The fourth-order valence-corrected chi connectivity index (χ4v) is 2.91. The number of benzene rings is 1. The van der Waals surface area contributed by atoms with Crippen molar-refractivity contribution in [3.63, 3.8) is 0 Å². The summed E-state index contributed by atoms with van der Waals surface area (Å²) in [5.74, 6) is -0.146. The van der Waals surface area contributed by atoms with Gasteiger partial charge in [0.05, 0.1) is 12.1 Å². The minimum absolute atomic E-state index is 0.100. The molecule has 0 aliphatic rings. The van der Waals surface area contributed by atoms with E-state index >= 15 is 0 Å². The maximum Gasteiger partial charge on any atom is 0.355 e. The van der Waals surface area contributed by atoms with Crippen LogP contribution in [0.4, 0.5) is 0 Å². The highest BCUT2D eigenvalue weighted by atomic mass is 32.1. The van der Waals surface area contributed by atoms with Gasteiger partial charge in [-0.3, -0.25) is 0 Å². The molecule has 1 aromatic carbocycles. The number of thiazole rings is 1. The van der Waals surface area contributed by atoms with E-state index in [4.69, 9.17) is 9.84 Å². The van der Waals surface area contributed by atoms with Gasteiger partial charge in [0.2, 0.25) is 0 Å². The van der Waals surface area contributed by atoms with Gasteiger partial charge in [-0.25, -0.2) is 9.78 Å². The molecule has 0 spiro atoms. The number of carboxylic acid groups (broad SMARTS) is 1. The van der Waals surface area contributed by atoms with E-state index in [1.165, 1.54) is 11.3 Å². The number of aryl methyl sites for hydroxylation is 2. The van der Waals surface area contributed by atoms with Crippen molar-refractivity contribution < 1.29 is 14.6 Å². The summed E-state index contributed by atoms with van der Waals surface area (Å²) in [4.78, 5) is 14.9. The lowest BCUT2D eigenvalue weighted by atomic mass is 10.0. The smallest absolute Gasteiger partial charge is 0.355 e. The molecule has 2 rings (SSSR count). The number of rotatable bonds is 4. The molecule has 2 aromatic rings. The van der Waals surface area contributed by atoms with Crippen LogP contribution in [0.5, 0.6) is 5.75 Å². The molecular weight excluding hydrogens is 262 g/mol. The maximum absolute atomic E-state index is 10.8. The first-order valence-corrected chi connectivity index (χ1v) is 6.71. The first kappa shape index (κ1) is 13.5. The lowest BCUT2D eigenvalue weighted by Crippen LogP contribution is -1.99. The molecule has 0 amide bonds. The van der Waals surface area contributed by atoms with Crippen molar-refractivity contribution in [1.29, 1.82) is 0 Å². The maximum atomic E-state index is 10.8. The van der Waals surface area contributed by atoms with Crippen LogP contribution in [0.2, 0.25) is 0 Å². The van der Waals surface area contributed by atoms with Gasteiger partial charge in [0.25, 0.3) is 0 Å². The molecule has 5 heteroatoms. The Hall–Kier alpha value is -1.88. The van der Waals surface area contributed by atoms with Crippen molar-refractivity contribution in [1.82, 2.24) is 4.98 Å². The molecule has 0 bridgehead atoms. The second-order valence-electron chi connectivity index (χ2n) is 4.38. The third kappa shape index (κ3) is 2.93. The standard InChI is InChI=1S/C14H15NO3S/c1-8-4-9(2)13(18-3)10(5-8)6-12-15-11(7-19-12)14(16)17/h4-5,7H,6H2,1-3H3,(H,16,17). The Labute approximate surface area is 115 Å². The molecule has 1 N–H and O–H groups in total. The summed E-state index contributed by atoms with van der Waals surface area (Å²) in [5, 5.41) is 11.2. The number of nitrogens with zero attached hydrogens (tertiary/aromatic N) is 1. The molecule has 0 atom stereocenters. The molecular formula is C14H15NO3S. The number of aromatic carboxylic acids is 1. The number of methoxy groups -OCH3 is 1. The van der Waals surface area contributed by atoms with Crippen LogP contribution >= 0.6 is 11.3 Å². The zero-order chi connectivity index (χ0) is 14.0. The third-order valence-corrected chi connectivity index (χ3v) is 3.66. The van der Waals surface area contributed by atoms with Crippen molar-refractivity contribution in [2.45, 2.75) is 20.3 Å². The number of aromatic nitrogens is 1. The van der Waals surface area contributed by atoms with E-state index < -0.39 is 5.97 Å². The molecule has 0 unspecified atom stereocenters. The van der Waals surface area contributed by atoms with Gasteiger partial charge < -0.3 is 9.84 Å². The SMILES string of the molecule is COc1c(C)cc(C)cc1Cc1nc(C(=O)O)cs1. The zero-order valence-corrected chi connectivity index (χ0v) is 11.9. The van der Waals surface area contributed by atoms with Crippen LogP contribution in [0, 0.1) is 13.8 Å². The fraction of sp³-hybridized carbons (Fsp3) is 0.286. The fourth-order valence-electron chi connectivity index (χ4n) is 2.12. The van der Waals surface area contributed by atoms with Gasteiger partial charge in [0.15, 0.2) is 5.69 Å². The predicted octanol–water partition coefficient (Wildman–Crippen LogP) is 3.06. The summed E-state index contributed by atoms with van der Waals surface area (Å²) < 4.78 is 5.42. The molecule has 19 heavy (non-hydrogen) atoms. The van der Waals surface area contributed by atoms with E-state index in [0.717, 1.165) is 27.4 Å². The average Bonchev–Trinajstić information content (AvgIpc) is 2.77. The summed E-state index contributed by atoms with van der Waals surface area (Å²) in [6, 6.07) is 4.11. The largest absolute Gasteiger partial charge is 0.496 e. The Bertz CT molecular complexity index is 619. The molecule has 100 valence electrons.